The summed E-state index contributed by atoms with van der Waals surface area (Å²) in [7, 11) is 0. The Hall–Kier alpha value is -1.19. The Morgan fingerprint density at radius 1 is 1.22 bits per heavy atom. The number of halogens is 2. The largest absolute Gasteiger partial charge is 0.324 e. The fourth-order valence-electron chi connectivity index (χ4n) is 1.98. The highest BCUT2D eigenvalue weighted by Gasteiger charge is 2.10. The van der Waals surface area contributed by atoms with Crippen LogP contribution in [0.1, 0.15) is 22.7 Å². The minimum Gasteiger partial charge on any atom is -0.324 e. The van der Waals surface area contributed by atoms with Crippen LogP contribution in [0.25, 0.3) is 0 Å². The van der Waals surface area contributed by atoms with E-state index in [1.54, 1.807) is 0 Å². The zero-order valence-corrected chi connectivity index (χ0v) is 11.7. The summed E-state index contributed by atoms with van der Waals surface area (Å²) in [5, 5.41) is 0. The van der Waals surface area contributed by atoms with Crippen molar-refractivity contribution in [2.45, 2.75) is 19.4 Å². The third-order valence-electron chi connectivity index (χ3n) is 3.01. The van der Waals surface area contributed by atoms with Crippen molar-refractivity contribution in [1.82, 2.24) is 0 Å². The second-order valence-electron chi connectivity index (χ2n) is 4.44. The van der Waals surface area contributed by atoms with E-state index in [0.29, 0.717) is 6.42 Å². The van der Waals surface area contributed by atoms with Crippen LogP contribution in [0.3, 0.4) is 0 Å². The summed E-state index contributed by atoms with van der Waals surface area (Å²) in [4.78, 5) is 0. The van der Waals surface area contributed by atoms with Crippen LogP contribution in [0.2, 0.25) is 0 Å². The lowest BCUT2D eigenvalue weighted by Crippen LogP contribution is -2.14. The van der Waals surface area contributed by atoms with E-state index in [9.17, 15) is 4.39 Å². The SMILES string of the molecule is Cc1ccccc1CC(N)c1cc(F)cc(Br)c1. The van der Waals surface area contributed by atoms with Crippen molar-refractivity contribution in [2.24, 2.45) is 5.73 Å². The molecule has 0 bridgehead atoms. The minimum atomic E-state index is -0.264. The van der Waals surface area contributed by atoms with E-state index in [-0.39, 0.29) is 11.9 Å². The number of rotatable bonds is 3. The smallest absolute Gasteiger partial charge is 0.124 e. The van der Waals surface area contributed by atoms with Crippen molar-refractivity contribution in [3.05, 3.63) is 69.4 Å². The zero-order chi connectivity index (χ0) is 13.1. The molecule has 0 aliphatic heterocycles. The van der Waals surface area contributed by atoms with Gasteiger partial charge in [0.05, 0.1) is 0 Å². The predicted molar refractivity (Wildman–Crippen MR) is 75.9 cm³/mol. The van der Waals surface area contributed by atoms with Crippen molar-refractivity contribution in [3.8, 4) is 0 Å². The third kappa shape index (κ3) is 3.18. The molecule has 2 rings (SSSR count). The predicted octanol–water partition coefficient (Wildman–Crippen LogP) is 4.14. The van der Waals surface area contributed by atoms with Crippen LogP contribution in [0, 0.1) is 12.7 Å². The molecule has 0 aromatic heterocycles. The molecule has 2 aromatic rings. The molecule has 94 valence electrons. The maximum atomic E-state index is 13.3. The lowest BCUT2D eigenvalue weighted by Gasteiger charge is -2.14. The van der Waals surface area contributed by atoms with Gasteiger partial charge in [0.15, 0.2) is 0 Å². The quantitative estimate of drug-likeness (QED) is 0.906. The van der Waals surface area contributed by atoms with Crippen LogP contribution in [0.4, 0.5) is 4.39 Å². The fourth-order valence-corrected chi connectivity index (χ4v) is 2.47. The number of benzene rings is 2. The van der Waals surface area contributed by atoms with Gasteiger partial charge in [-0.25, -0.2) is 4.39 Å². The minimum absolute atomic E-state index is 0.196. The van der Waals surface area contributed by atoms with Gasteiger partial charge in [0, 0.05) is 10.5 Å². The van der Waals surface area contributed by atoms with Crippen LogP contribution in [-0.4, -0.2) is 0 Å². The molecule has 0 radical (unpaired) electrons. The van der Waals surface area contributed by atoms with Gasteiger partial charge in [-0.05, 0) is 48.2 Å². The first kappa shape index (κ1) is 13.2. The number of aryl methyl sites for hydroxylation is 1. The maximum Gasteiger partial charge on any atom is 0.124 e. The zero-order valence-electron chi connectivity index (χ0n) is 10.2. The molecule has 1 atom stereocenters. The van der Waals surface area contributed by atoms with Crippen molar-refractivity contribution < 1.29 is 4.39 Å². The molecule has 0 aliphatic rings. The highest BCUT2D eigenvalue weighted by molar-refractivity contribution is 9.10. The summed E-state index contributed by atoms with van der Waals surface area (Å²) in [6, 6.07) is 12.7. The molecular formula is C15H15BrFN. The Bertz CT molecular complexity index is 534. The Labute approximate surface area is 115 Å². The van der Waals surface area contributed by atoms with Crippen molar-refractivity contribution >= 4 is 15.9 Å². The molecule has 18 heavy (non-hydrogen) atoms. The number of hydrogen-bond acceptors (Lipinski definition) is 1. The van der Waals surface area contributed by atoms with Crippen LogP contribution >= 0.6 is 15.9 Å². The topological polar surface area (TPSA) is 26.0 Å². The van der Waals surface area contributed by atoms with Crippen molar-refractivity contribution in [3.63, 3.8) is 0 Å². The average Bonchev–Trinajstić information content (AvgIpc) is 2.31. The van der Waals surface area contributed by atoms with E-state index in [2.05, 4.69) is 35.0 Å². The molecule has 0 heterocycles. The molecule has 0 fully saturated rings. The highest BCUT2D eigenvalue weighted by atomic mass is 79.9. The molecule has 3 heteroatoms. The first-order valence-electron chi connectivity index (χ1n) is 5.82. The van der Waals surface area contributed by atoms with Gasteiger partial charge in [0.2, 0.25) is 0 Å². The maximum absolute atomic E-state index is 13.3. The molecular weight excluding hydrogens is 293 g/mol. The van der Waals surface area contributed by atoms with Gasteiger partial charge in [0.25, 0.3) is 0 Å². The van der Waals surface area contributed by atoms with Crippen LogP contribution < -0.4 is 5.73 Å². The molecule has 0 spiro atoms. The van der Waals surface area contributed by atoms with Gasteiger partial charge in [-0.15, -0.1) is 0 Å². The lowest BCUT2D eigenvalue weighted by molar-refractivity contribution is 0.617. The normalized spacial score (nSPS) is 12.4. The highest BCUT2D eigenvalue weighted by Crippen LogP contribution is 2.22. The monoisotopic (exact) mass is 307 g/mol. The van der Waals surface area contributed by atoms with Gasteiger partial charge < -0.3 is 5.73 Å². The summed E-state index contributed by atoms with van der Waals surface area (Å²) >= 11 is 3.29. The Morgan fingerprint density at radius 2 is 1.94 bits per heavy atom. The molecule has 0 saturated heterocycles. The first-order chi connectivity index (χ1) is 8.56. The van der Waals surface area contributed by atoms with Crippen LogP contribution in [0.5, 0.6) is 0 Å². The Balaban J connectivity index is 2.22. The number of hydrogen-bond donors (Lipinski definition) is 1. The summed E-state index contributed by atoms with van der Waals surface area (Å²) in [5.74, 6) is -0.264. The molecule has 1 nitrogen and oxygen atoms in total. The Kier molecular flexibility index (Phi) is 4.15. The molecule has 2 N–H and O–H groups in total. The molecule has 0 amide bonds. The van der Waals surface area contributed by atoms with Gasteiger partial charge in [-0.1, -0.05) is 40.2 Å². The third-order valence-corrected chi connectivity index (χ3v) is 3.47. The van der Waals surface area contributed by atoms with E-state index >= 15 is 0 Å². The van der Waals surface area contributed by atoms with Gasteiger partial charge in [0.1, 0.15) is 5.82 Å². The lowest BCUT2D eigenvalue weighted by atomic mass is 9.97. The Morgan fingerprint density at radius 3 is 2.61 bits per heavy atom. The van der Waals surface area contributed by atoms with Gasteiger partial charge in [-0.3, -0.25) is 0 Å². The fraction of sp³-hybridized carbons (Fsp3) is 0.200. The van der Waals surface area contributed by atoms with Crippen LogP contribution in [0.15, 0.2) is 46.9 Å². The number of nitrogens with two attached hydrogens (primary N) is 1. The summed E-state index contributed by atoms with van der Waals surface area (Å²) in [5.41, 5.74) is 9.37. The average molecular weight is 308 g/mol. The standard InChI is InChI=1S/C15H15BrFN/c1-10-4-2-3-5-11(10)8-15(18)12-6-13(16)9-14(17)7-12/h2-7,9,15H,8,18H2,1H3. The van der Waals surface area contributed by atoms with Crippen LogP contribution in [-0.2, 0) is 6.42 Å². The van der Waals surface area contributed by atoms with E-state index < -0.39 is 0 Å². The molecule has 1 unspecified atom stereocenters. The van der Waals surface area contributed by atoms with E-state index in [1.807, 2.05) is 18.2 Å². The second kappa shape index (κ2) is 5.63. The van der Waals surface area contributed by atoms with E-state index in [1.165, 1.54) is 23.3 Å². The van der Waals surface area contributed by atoms with Gasteiger partial charge in [-0.2, -0.15) is 0 Å². The summed E-state index contributed by atoms with van der Waals surface area (Å²) in [6.45, 7) is 2.06. The van der Waals surface area contributed by atoms with Crippen molar-refractivity contribution in [2.75, 3.05) is 0 Å². The molecule has 0 aliphatic carbocycles. The summed E-state index contributed by atoms with van der Waals surface area (Å²) < 4.78 is 14.0. The second-order valence-corrected chi connectivity index (χ2v) is 5.36. The van der Waals surface area contributed by atoms with E-state index in [0.717, 1.165) is 10.0 Å². The van der Waals surface area contributed by atoms with E-state index in [4.69, 9.17) is 5.73 Å². The summed E-state index contributed by atoms with van der Waals surface area (Å²) in [6.07, 6.45) is 0.711. The molecule has 2 aromatic carbocycles. The first-order valence-corrected chi connectivity index (χ1v) is 6.61. The van der Waals surface area contributed by atoms with Gasteiger partial charge >= 0.3 is 0 Å². The van der Waals surface area contributed by atoms with Crippen molar-refractivity contribution in [1.29, 1.82) is 0 Å². The molecule has 0 saturated carbocycles.